The van der Waals surface area contributed by atoms with Crippen molar-refractivity contribution in [2.24, 2.45) is 0 Å². The van der Waals surface area contributed by atoms with Gasteiger partial charge in [-0.3, -0.25) is 4.79 Å². The summed E-state index contributed by atoms with van der Waals surface area (Å²) in [5, 5.41) is 3.26. The maximum Gasteiger partial charge on any atom is 0.339 e. The molecule has 0 radical (unpaired) electrons. The molecule has 0 aliphatic heterocycles. The first kappa shape index (κ1) is 19.7. The van der Waals surface area contributed by atoms with Gasteiger partial charge in [0, 0.05) is 16.3 Å². The molecular weight excluding hydrogens is 402 g/mol. The molecule has 1 aromatic heterocycles. The molecule has 4 aromatic rings. The number of hydrogen-bond acceptors (Lipinski definition) is 4. The number of ether oxygens (including phenoxy) is 1. The van der Waals surface area contributed by atoms with Crippen molar-refractivity contribution in [2.75, 3.05) is 5.32 Å². The molecule has 0 saturated heterocycles. The maximum absolute atomic E-state index is 12.8. The molecule has 1 unspecified atom stereocenters. The van der Waals surface area contributed by atoms with Gasteiger partial charge in [-0.1, -0.05) is 41.9 Å². The third kappa shape index (κ3) is 4.18. The molecule has 1 atom stereocenters. The van der Waals surface area contributed by atoms with Crippen LogP contribution >= 0.6 is 11.6 Å². The lowest BCUT2D eigenvalue weighted by Crippen LogP contribution is -2.30. The molecule has 0 bridgehead atoms. The highest BCUT2D eigenvalue weighted by molar-refractivity contribution is 6.30. The summed E-state index contributed by atoms with van der Waals surface area (Å²) in [4.78, 5) is 33.0. The van der Waals surface area contributed by atoms with E-state index < -0.39 is 18.0 Å². The molecule has 3 aromatic carbocycles. The van der Waals surface area contributed by atoms with Crippen molar-refractivity contribution in [3.8, 4) is 11.4 Å². The summed E-state index contributed by atoms with van der Waals surface area (Å²) in [6.07, 6.45) is -0.989. The number of nitrogens with one attached hydrogen (secondary N) is 2. The second-order valence-corrected chi connectivity index (χ2v) is 7.13. The molecule has 150 valence electrons. The number of aromatic amines is 1. The first-order valence-electron chi connectivity index (χ1n) is 9.33. The van der Waals surface area contributed by atoms with Gasteiger partial charge in [-0.25, -0.2) is 9.78 Å². The highest BCUT2D eigenvalue weighted by Gasteiger charge is 2.22. The van der Waals surface area contributed by atoms with Crippen LogP contribution in [-0.2, 0) is 9.53 Å². The van der Waals surface area contributed by atoms with Gasteiger partial charge in [0.05, 0.1) is 16.6 Å². The van der Waals surface area contributed by atoms with E-state index in [4.69, 9.17) is 16.3 Å². The number of anilines is 1. The summed E-state index contributed by atoms with van der Waals surface area (Å²) in [5.74, 6) is -0.487. The van der Waals surface area contributed by atoms with Gasteiger partial charge < -0.3 is 15.0 Å². The summed E-state index contributed by atoms with van der Waals surface area (Å²) in [6.45, 7) is 1.52. The number of benzene rings is 3. The lowest BCUT2D eigenvalue weighted by atomic mass is 10.1. The molecule has 0 aliphatic rings. The van der Waals surface area contributed by atoms with E-state index in [1.54, 1.807) is 42.5 Å². The van der Waals surface area contributed by atoms with Gasteiger partial charge in [0.2, 0.25) is 0 Å². The van der Waals surface area contributed by atoms with E-state index in [2.05, 4.69) is 15.3 Å². The van der Waals surface area contributed by atoms with E-state index in [1.165, 1.54) is 6.92 Å². The Kier molecular flexibility index (Phi) is 5.50. The number of hydrogen-bond donors (Lipinski definition) is 2. The smallest absolute Gasteiger partial charge is 0.339 e. The van der Waals surface area contributed by atoms with Crippen molar-refractivity contribution in [1.29, 1.82) is 0 Å². The van der Waals surface area contributed by atoms with E-state index in [1.807, 2.05) is 30.3 Å². The van der Waals surface area contributed by atoms with Crippen LogP contribution in [0.3, 0.4) is 0 Å². The SMILES string of the molecule is CC(OC(=O)c1ccccc1-c1nc2ccccc2[nH]1)C(=O)Nc1ccc(Cl)cc1. The number of imidazole rings is 1. The maximum atomic E-state index is 12.8. The van der Waals surface area contributed by atoms with Crippen LogP contribution in [0, 0.1) is 0 Å². The number of halogens is 1. The highest BCUT2D eigenvalue weighted by Crippen LogP contribution is 2.25. The second-order valence-electron chi connectivity index (χ2n) is 6.69. The van der Waals surface area contributed by atoms with Crippen molar-refractivity contribution in [3.05, 3.63) is 83.4 Å². The largest absolute Gasteiger partial charge is 0.449 e. The minimum atomic E-state index is -0.989. The zero-order chi connectivity index (χ0) is 21.1. The summed E-state index contributed by atoms with van der Waals surface area (Å²) in [7, 11) is 0. The minimum absolute atomic E-state index is 0.322. The van der Waals surface area contributed by atoms with Gasteiger partial charge in [0.1, 0.15) is 5.82 Å². The Morgan fingerprint density at radius 1 is 1.00 bits per heavy atom. The van der Waals surface area contributed by atoms with Crippen molar-refractivity contribution >= 4 is 40.2 Å². The highest BCUT2D eigenvalue weighted by atomic mass is 35.5. The van der Waals surface area contributed by atoms with Crippen molar-refractivity contribution < 1.29 is 14.3 Å². The summed E-state index contributed by atoms with van der Waals surface area (Å²) in [6, 6.07) is 21.3. The molecule has 4 rings (SSSR count). The molecule has 0 saturated carbocycles. The average Bonchev–Trinajstić information content (AvgIpc) is 3.19. The average molecular weight is 420 g/mol. The molecule has 0 aliphatic carbocycles. The third-order valence-electron chi connectivity index (χ3n) is 4.56. The van der Waals surface area contributed by atoms with Crippen LogP contribution < -0.4 is 5.32 Å². The van der Waals surface area contributed by atoms with Gasteiger partial charge in [0.25, 0.3) is 5.91 Å². The Hall–Kier alpha value is -3.64. The quantitative estimate of drug-likeness (QED) is 0.442. The Balaban J connectivity index is 1.52. The summed E-state index contributed by atoms with van der Waals surface area (Å²) in [5.41, 5.74) is 3.15. The van der Waals surface area contributed by atoms with Crippen LogP contribution in [0.1, 0.15) is 17.3 Å². The van der Waals surface area contributed by atoms with Crippen LogP contribution in [0.4, 0.5) is 5.69 Å². The van der Waals surface area contributed by atoms with Crippen molar-refractivity contribution in [3.63, 3.8) is 0 Å². The van der Waals surface area contributed by atoms with E-state index in [0.29, 0.717) is 27.7 Å². The van der Waals surface area contributed by atoms with Crippen LogP contribution in [0.2, 0.25) is 5.02 Å². The fourth-order valence-corrected chi connectivity index (χ4v) is 3.13. The zero-order valence-electron chi connectivity index (χ0n) is 16.1. The molecule has 0 fully saturated rings. The molecule has 30 heavy (non-hydrogen) atoms. The standard InChI is InChI=1S/C23H18ClN3O3/c1-14(22(28)25-16-12-10-15(24)11-13-16)30-23(29)18-7-3-2-6-17(18)21-26-19-8-4-5-9-20(19)27-21/h2-14H,1H3,(H,25,28)(H,26,27). The number of nitrogens with zero attached hydrogens (tertiary/aromatic N) is 1. The minimum Gasteiger partial charge on any atom is -0.449 e. The second kappa shape index (κ2) is 8.39. The number of fused-ring (bicyclic) bond motifs is 1. The van der Waals surface area contributed by atoms with E-state index in [0.717, 1.165) is 11.0 Å². The van der Waals surface area contributed by atoms with Gasteiger partial charge >= 0.3 is 5.97 Å². The fraction of sp³-hybridized carbons (Fsp3) is 0.0870. The molecule has 2 N–H and O–H groups in total. The predicted molar refractivity (Wildman–Crippen MR) is 116 cm³/mol. The van der Waals surface area contributed by atoms with Crippen LogP contribution in [0.15, 0.2) is 72.8 Å². The van der Waals surface area contributed by atoms with Gasteiger partial charge in [-0.05, 0) is 49.4 Å². The molecular formula is C23H18ClN3O3. The van der Waals surface area contributed by atoms with E-state index in [-0.39, 0.29) is 0 Å². The topological polar surface area (TPSA) is 84.1 Å². The number of esters is 1. The van der Waals surface area contributed by atoms with Crippen molar-refractivity contribution in [2.45, 2.75) is 13.0 Å². The third-order valence-corrected chi connectivity index (χ3v) is 4.81. The number of amides is 1. The lowest BCUT2D eigenvalue weighted by molar-refractivity contribution is -0.123. The predicted octanol–water partition coefficient (Wildman–Crippen LogP) is 5.07. The van der Waals surface area contributed by atoms with Crippen molar-refractivity contribution in [1.82, 2.24) is 9.97 Å². The normalized spacial score (nSPS) is 11.8. The monoisotopic (exact) mass is 419 g/mol. The first-order chi connectivity index (χ1) is 14.5. The number of carbonyl (C=O) groups is 2. The Morgan fingerprint density at radius 3 is 2.47 bits per heavy atom. The number of aromatic nitrogens is 2. The number of rotatable bonds is 5. The number of H-pyrrole nitrogens is 1. The summed E-state index contributed by atoms with van der Waals surface area (Å²) < 4.78 is 5.41. The van der Waals surface area contributed by atoms with Gasteiger partial charge in [0.15, 0.2) is 6.10 Å². The Bertz CT molecular complexity index is 1180. The Labute approximate surface area is 177 Å². The van der Waals surface area contributed by atoms with Crippen LogP contribution in [0.25, 0.3) is 22.4 Å². The summed E-state index contributed by atoms with van der Waals surface area (Å²) >= 11 is 5.85. The Morgan fingerprint density at radius 2 is 1.70 bits per heavy atom. The molecule has 6 nitrogen and oxygen atoms in total. The number of para-hydroxylation sites is 2. The lowest BCUT2D eigenvalue weighted by Gasteiger charge is -2.14. The van der Waals surface area contributed by atoms with E-state index in [9.17, 15) is 9.59 Å². The van der Waals surface area contributed by atoms with Crippen LogP contribution in [0.5, 0.6) is 0 Å². The molecule has 0 spiro atoms. The van der Waals surface area contributed by atoms with E-state index >= 15 is 0 Å². The van der Waals surface area contributed by atoms with Crippen LogP contribution in [-0.4, -0.2) is 27.9 Å². The fourth-order valence-electron chi connectivity index (χ4n) is 3.00. The molecule has 1 amide bonds. The van der Waals surface area contributed by atoms with Gasteiger partial charge in [-0.2, -0.15) is 0 Å². The molecule has 7 heteroatoms. The van der Waals surface area contributed by atoms with Gasteiger partial charge in [-0.15, -0.1) is 0 Å². The number of carbonyl (C=O) groups excluding carboxylic acids is 2. The molecule has 1 heterocycles. The zero-order valence-corrected chi connectivity index (χ0v) is 16.8. The first-order valence-corrected chi connectivity index (χ1v) is 9.70.